The number of hydrogen-bond donors (Lipinski definition) is 4. The molecule has 0 radical (unpaired) electrons. The van der Waals surface area contributed by atoms with E-state index in [-0.39, 0.29) is 183 Å². The fourth-order valence-electron chi connectivity index (χ4n) is 11.4. The molecule has 0 spiro atoms. The molecule has 0 fully saturated rings. The number of halogens is 1. The van der Waals surface area contributed by atoms with Crippen LogP contribution in [-0.2, 0) is 106 Å². The molecule has 125 heavy (non-hydrogen) atoms. The average Bonchev–Trinajstić information content (AvgIpc) is 1.62. The Morgan fingerprint density at radius 1 is 0.472 bits per heavy atom. The number of aliphatic carboxylic acids is 1. The van der Waals surface area contributed by atoms with Crippen molar-refractivity contribution < 1.29 is 220 Å². The van der Waals surface area contributed by atoms with E-state index in [1.54, 1.807) is 121 Å². The van der Waals surface area contributed by atoms with Gasteiger partial charge in [0.15, 0.2) is 6.29 Å². The van der Waals surface area contributed by atoms with Gasteiger partial charge < -0.3 is 91.2 Å². The van der Waals surface area contributed by atoms with Crippen LogP contribution in [0.5, 0.6) is 40.2 Å². The van der Waals surface area contributed by atoms with Gasteiger partial charge in [0.05, 0.1) is 112 Å². The average molecular weight is 1890 g/mol. The Hall–Kier alpha value is -9.09. The van der Waals surface area contributed by atoms with Gasteiger partial charge in [-0.2, -0.15) is 0 Å². The molecule has 12 aromatic rings. The van der Waals surface area contributed by atoms with Crippen LogP contribution in [0.1, 0.15) is 88.0 Å². The summed E-state index contributed by atoms with van der Waals surface area (Å²) in [5.41, 5.74) is 8.00. The summed E-state index contributed by atoms with van der Waals surface area (Å²) in [4.78, 5) is 75.6. The zero-order chi connectivity index (χ0) is 87.6. The van der Waals surface area contributed by atoms with Crippen LogP contribution >= 0.6 is 18.3 Å². The van der Waals surface area contributed by atoms with E-state index in [0.717, 1.165) is 72.9 Å². The van der Waals surface area contributed by atoms with Gasteiger partial charge in [-0.05, 0) is 206 Å². The summed E-state index contributed by atoms with van der Waals surface area (Å²) in [6, 6.07) is 39.6. The van der Waals surface area contributed by atoms with Crippen LogP contribution in [0.2, 0.25) is 0 Å². The molecule has 12 rings (SSSR count). The minimum Gasteiger partial charge on any atom is -0.870 e. The number of fused-ring (bicyclic) bond motifs is 5. The quantitative estimate of drug-likeness (QED) is 0.00494. The van der Waals surface area contributed by atoms with E-state index in [4.69, 9.17) is 60.8 Å². The second kappa shape index (κ2) is 57.6. The van der Waals surface area contributed by atoms with Crippen molar-refractivity contribution in [1.82, 2.24) is 22.9 Å². The summed E-state index contributed by atoms with van der Waals surface area (Å²) >= 11 is 0. The zero-order valence-corrected chi connectivity index (χ0v) is 77.0. The first kappa shape index (κ1) is 116. The summed E-state index contributed by atoms with van der Waals surface area (Å²) in [7, 11) is 7.11. The number of carboxylic acid groups (broad SMARTS) is 1. The summed E-state index contributed by atoms with van der Waals surface area (Å²) < 4.78 is 148. The zero-order valence-electron chi connectivity index (χ0n) is 69.1. The minimum absolute atomic E-state index is 0. The first-order chi connectivity index (χ1) is 56.9. The molecule has 5 heterocycles. The van der Waals surface area contributed by atoms with Gasteiger partial charge >= 0.3 is 88.8 Å². The molecular formula is C85H105ArClKN5O28PS3-. The Morgan fingerprint density at radius 2 is 0.792 bits per heavy atom. The number of aldehydes is 1. The maximum Gasteiger partial charge on any atom is 1.00 e. The third-order valence-corrected chi connectivity index (χ3v) is 22.7. The molecule has 0 saturated carbocycles. The van der Waals surface area contributed by atoms with Crippen LogP contribution in [0, 0.1) is 37.7 Å². The van der Waals surface area contributed by atoms with Crippen molar-refractivity contribution >= 4 is 145 Å². The van der Waals surface area contributed by atoms with E-state index < -0.39 is 49.9 Å². The van der Waals surface area contributed by atoms with Gasteiger partial charge in [-0.25, -0.2) is 29.6 Å². The normalized spacial score (nSPS) is 10.7. The van der Waals surface area contributed by atoms with Gasteiger partial charge in [-0.15, -0.1) is 0 Å². The molecule has 678 valence electrons. The number of carbonyl (C=O) groups is 6. The first-order valence-electron chi connectivity index (χ1n) is 35.8. The fourth-order valence-corrected chi connectivity index (χ4v) is 15.6. The molecule has 0 amide bonds. The maximum atomic E-state index is 13.2. The molecule has 0 aliphatic carbocycles. The number of carboxylic acids is 1. The van der Waals surface area contributed by atoms with Crippen molar-refractivity contribution in [3.8, 4) is 40.2 Å². The number of aromatic amines is 3. The van der Waals surface area contributed by atoms with Crippen molar-refractivity contribution in [2.45, 2.75) is 84.4 Å². The smallest absolute Gasteiger partial charge is 0.870 e. The van der Waals surface area contributed by atoms with E-state index in [1.165, 1.54) is 94.3 Å². The van der Waals surface area contributed by atoms with Gasteiger partial charge in [0, 0.05) is 159 Å². The standard InChI is InChI=1S/C20H21NO6S.C19H19NO6S.C13H15NO3.C13H13NO3.C10H9NO2.C7H15O5P.3CH4.Ar.ClHO2S.K.H2O/c1-25-15-5-8-17(9-6-15)28(23,24)21-13-14(4-11-20(22)27-3)18-12-16(26-2)7-10-19(18)21;1-25-14-4-7-16(8-5-14)27(23,24)20-12-13(3-10-19(21)22)17-11-15(26-2)6-9-18(17)20;2*1-16-10-4-5-12-11(7-10)9(8-14-12)3-6-13(15)17-2;1-13-8-2-3-10-9(4-8)7(6-12)5-11-10;1-4-11-13(9,12-5-2)6-7(8)10-3;;;;;1-4(2)3;;/h5-10,12-13H,4,11H2,1-3H3;4-9,11-12H,3,10H2,1-2H3,(H,21,22);4-5,7-8,14H,3,6H2,1-2H3;3-8,14H,1-2H3;2-6,11H,1H3;4-6H2,1-3H3;3*1H4;;(H,2,3);;1H2/q;;;;;;;;;;;+1;/p-2/b;;;6-3-;;;;;;;;;. The van der Waals surface area contributed by atoms with Crippen molar-refractivity contribution in [1.29, 1.82) is 0 Å². The van der Waals surface area contributed by atoms with E-state index in [9.17, 15) is 50.2 Å². The number of benzene rings is 7. The summed E-state index contributed by atoms with van der Waals surface area (Å²) in [6.07, 6.45) is 13.8. The molecule has 5 N–H and O–H groups in total. The third-order valence-electron chi connectivity index (χ3n) is 17.4. The van der Waals surface area contributed by atoms with Crippen LogP contribution in [0.3, 0.4) is 0 Å². The fraction of sp³-hybridized carbons (Fsp3) is 0.294. The van der Waals surface area contributed by atoms with Gasteiger partial charge in [0.25, 0.3) is 20.0 Å². The van der Waals surface area contributed by atoms with Crippen LogP contribution in [0.15, 0.2) is 186 Å². The number of methoxy groups -OCH3 is 11. The molecule has 0 aliphatic heterocycles. The maximum absolute atomic E-state index is 13.2. The van der Waals surface area contributed by atoms with Crippen LogP contribution in [-0.4, -0.2) is 193 Å². The molecule has 1 atom stereocenters. The second-order valence-electron chi connectivity index (χ2n) is 24.5. The molecule has 0 bridgehead atoms. The predicted octanol–water partition coefficient (Wildman–Crippen LogP) is 12.7. The van der Waals surface area contributed by atoms with Gasteiger partial charge in [-0.3, -0.25) is 32.7 Å². The number of esters is 4. The molecule has 1 unspecified atom stereocenters. The number of aryl methyl sites for hydroxylation is 3. The van der Waals surface area contributed by atoms with Gasteiger partial charge in [0.2, 0.25) is 0 Å². The first-order valence-corrected chi connectivity index (χ1v) is 42.3. The van der Waals surface area contributed by atoms with Crippen molar-refractivity contribution in [3.63, 3.8) is 0 Å². The summed E-state index contributed by atoms with van der Waals surface area (Å²) in [5, 5.41) is 13.3. The SMILES string of the molecule is C.C.C.CCOP(=O)(CC(=O)OC)OCC.COC(=O)/C=C\c1c[nH]c2ccc(OC)cc12.COC(=O)CCc1c[nH]c2ccc(OC)cc12.COC(=O)CCc1cn(S(=O)(=O)c2ccc(OC)cc2)c2ccc(OC)cc12.COc1ccc(S(=O)(=O)n2cc(CCC(=O)O)c3cc(OC)ccc32)cc1.COc1ccc2[nH]cc(C=O)c2c1.O=S([O-])Cl.[Ar].[K+].[OH-]. The monoisotopic (exact) mass is 1880 g/mol. The van der Waals surface area contributed by atoms with Crippen molar-refractivity contribution in [2.24, 2.45) is 0 Å². The minimum atomic E-state index is -3.85. The van der Waals surface area contributed by atoms with Crippen LogP contribution in [0.4, 0.5) is 0 Å². The van der Waals surface area contributed by atoms with Crippen LogP contribution < -0.4 is 84.5 Å². The number of aromatic nitrogens is 5. The van der Waals surface area contributed by atoms with Gasteiger partial charge in [0.1, 0.15) is 46.4 Å². The Bertz CT molecular complexity index is 5770. The number of hydrogen-bond acceptors (Lipinski definition) is 27. The number of ether oxygens (including phenoxy) is 11. The topological polar surface area (TPSA) is 455 Å². The summed E-state index contributed by atoms with van der Waals surface area (Å²) in [5.74, 6) is 2.19. The number of H-pyrrole nitrogens is 3. The van der Waals surface area contributed by atoms with E-state index >= 15 is 0 Å². The molecule has 7 aromatic carbocycles. The Labute approximate surface area is 806 Å². The number of nitrogens with one attached hydrogen (secondary N) is 3. The Kier molecular flexibility index (Phi) is 53.4. The van der Waals surface area contributed by atoms with Gasteiger partial charge in [-0.1, -0.05) is 22.3 Å². The van der Waals surface area contributed by atoms with E-state index in [2.05, 4.69) is 39.8 Å². The largest absolute Gasteiger partial charge is 1.00 e. The summed E-state index contributed by atoms with van der Waals surface area (Å²) in [6.45, 7) is 3.86. The number of rotatable bonds is 29. The third kappa shape index (κ3) is 33.9. The molecule has 0 aliphatic rings. The van der Waals surface area contributed by atoms with Crippen molar-refractivity contribution in [3.05, 3.63) is 204 Å². The predicted molar refractivity (Wildman–Crippen MR) is 470 cm³/mol. The van der Waals surface area contributed by atoms with Crippen molar-refractivity contribution in [2.75, 3.05) is 97.6 Å². The number of carbonyl (C=O) groups excluding carboxylic acids is 5. The van der Waals surface area contributed by atoms with E-state index in [0.29, 0.717) is 75.2 Å². The molecule has 5 aromatic heterocycles. The molecular weight excluding hydrogens is 1780 g/mol. The Balaban J connectivity index is 0.00000148. The number of nitrogens with zero attached hydrogens (tertiary/aromatic N) is 2. The molecule has 33 nitrogen and oxygen atoms in total. The Morgan fingerprint density at radius 3 is 1.14 bits per heavy atom. The molecule has 0 saturated heterocycles. The molecule has 40 heteroatoms. The second-order valence-corrected chi connectivity index (χ2v) is 31.3. The van der Waals surface area contributed by atoms with E-state index in [1.807, 2.05) is 67.0 Å². The van der Waals surface area contributed by atoms with Crippen LogP contribution in [0.25, 0.3) is 60.6 Å².